The predicted molar refractivity (Wildman–Crippen MR) is 109 cm³/mol. The fourth-order valence-corrected chi connectivity index (χ4v) is 6.22. The Morgan fingerprint density at radius 1 is 0.800 bits per heavy atom. The van der Waals surface area contributed by atoms with E-state index in [0.717, 1.165) is 0 Å². The fraction of sp³-hybridized carbons (Fsp3) is 0.130. The van der Waals surface area contributed by atoms with Crippen LogP contribution in [0.2, 0.25) is 0 Å². The van der Waals surface area contributed by atoms with Crippen molar-refractivity contribution in [2.45, 2.75) is 19.3 Å². The zero-order valence-corrected chi connectivity index (χ0v) is 15.0. The average Bonchev–Trinajstić information content (AvgIpc) is 3.25. The molecular weight excluding hydrogens is 322 g/mol. The molecule has 0 unspecified atom stereocenters. The van der Waals surface area contributed by atoms with E-state index in [-0.39, 0.29) is 5.41 Å². The van der Waals surface area contributed by atoms with E-state index in [2.05, 4.69) is 79.5 Å². The third-order valence-corrected chi connectivity index (χ3v) is 7.05. The molecule has 0 fully saturated rings. The van der Waals surface area contributed by atoms with Crippen LogP contribution in [0.4, 0.5) is 0 Å². The summed E-state index contributed by atoms with van der Waals surface area (Å²) in [6, 6.07) is 22.1. The summed E-state index contributed by atoms with van der Waals surface area (Å²) in [7, 11) is 0. The standard InChI is InChI=1S/C23H17NS/c1-23(2)16-9-5-3-7-13(16)22-20(23)15-11-12-18-19(21(15)25-22)14-8-4-6-10-17(14)24-18/h3-12,24H,1-2H3. The van der Waals surface area contributed by atoms with Crippen molar-refractivity contribution in [1.29, 1.82) is 0 Å². The minimum absolute atomic E-state index is 0.0595. The lowest BCUT2D eigenvalue weighted by Gasteiger charge is -2.21. The third-order valence-electron chi connectivity index (χ3n) is 5.79. The van der Waals surface area contributed by atoms with Gasteiger partial charge in [-0.05, 0) is 34.2 Å². The van der Waals surface area contributed by atoms with Crippen LogP contribution in [-0.4, -0.2) is 4.98 Å². The average molecular weight is 339 g/mol. The molecular formula is C23H17NS. The van der Waals surface area contributed by atoms with Crippen LogP contribution in [0.3, 0.4) is 0 Å². The molecule has 1 aliphatic rings. The van der Waals surface area contributed by atoms with Crippen LogP contribution in [0.25, 0.3) is 42.3 Å². The number of hydrogen-bond acceptors (Lipinski definition) is 1. The summed E-state index contributed by atoms with van der Waals surface area (Å²) >= 11 is 1.96. The lowest BCUT2D eigenvalue weighted by atomic mass is 9.81. The third kappa shape index (κ3) is 1.54. The maximum atomic E-state index is 3.58. The molecule has 0 atom stereocenters. The number of fused-ring (bicyclic) bond motifs is 9. The fourth-order valence-electron chi connectivity index (χ4n) is 4.66. The molecule has 0 aliphatic heterocycles. The normalized spacial score (nSPS) is 15.1. The summed E-state index contributed by atoms with van der Waals surface area (Å²) < 4.78 is 1.42. The summed E-state index contributed by atoms with van der Waals surface area (Å²) in [5, 5.41) is 4.12. The second-order valence-corrected chi connectivity index (χ2v) is 8.53. The Morgan fingerprint density at radius 2 is 1.60 bits per heavy atom. The van der Waals surface area contributed by atoms with Crippen LogP contribution in [0.1, 0.15) is 25.0 Å². The van der Waals surface area contributed by atoms with Crippen LogP contribution in [-0.2, 0) is 5.41 Å². The number of aromatic amines is 1. The summed E-state index contributed by atoms with van der Waals surface area (Å²) in [5.41, 5.74) is 6.89. The van der Waals surface area contributed by atoms with Gasteiger partial charge in [-0.1, -0.05) is 62.4 Å². The number of rotatable bonds is 0. The van der Waals surface area contributed by atoms with Crippen molar-refractivity contribution in [3.05, 3.63) is 71.8 Å². The van der Waals surface area contributed by atoms with Crippen molar-refractivity contribution in [3.63, 3.8) is 0 Å². The van der Waals surface area contributed by atoms with E-state index in [1.165, 1.54) is 53.5 Å². The van der Waals surface area contributed by atoms with Crippen molar-refractivity contribution in [2.75, 3.05) is 0 Å². The maximum Gasteiger partial charge on any atom is 0.0479 e. The summed E-state index contributed by atoms with van der Waals surface area (Å²) in [6.07, 6.45) is 0. The molecule has 0 bridgehead atoms. The Bertz CT molecular complexity index is 1320. The van der Waals surface area contributed by atoms with Crippen molar-refractivity contribution >= 4 is 43.2 Å². The van der Waals surface area contributed by atoms with Gasteiger partial charge in [0, 0.05) is 36.8 Å². The molecule has 5 aromatic rings. The monoisotopic (exact) mass is 339 g/mol. The number of thiophene rings is 1. The zero-order valence-electron chi connectivity index (χ0n) is 14.2. The molecule has 1 nitrogen and oxygen atoms in total. The van der Waals surface area contributed by atoms with Crippen molar-refractivity contribution < 1.29 is 0 Å². The van der Waals surface area contributed by atoms with Gasteiger partial charge in [0.2, 0.25) is 0 Å². The first-order valence-corrected chi connectivity index (χ1v) is 9.54. The minimum atomic E-state index is 0.0595. The molecule has 1 aliphatic carbocycles. The Labute approximate surface area is 149 Å². The van der Waals surface area contributed by atoms with Crippen molar-refractivity contribution in [1.82, 2.24) is 4.98 Å². The maximum absolute atomic E-state index is 3.58. The lowest BCUT2D eigenvalue weighted by Crippen LogP contribution is -2.14. The molecule has 3 aromatic carbocycles. The molecule has 0 saturated heterocycles. The Morgan fingerprint density at radius 3 is 2.52 bits per heavy atom. The van der Waals surface area contributed by atoms with Crippen LogP contribution in [0.5, 0.6) is 0 Å². The molecule has 0 amide bonds. The molecule has 6 rings (SSSR count). The number of hydrogen-bond donors (Lipinski definition) is 1. The molecule has 1 N–H and O–H groups in total. The van der Waals surface area contributed by atoms with Gasteiger partial charge in [0.1, 0.15) is 0 Å². The Balaban J connectivity index is 1.84. The highest BCUT2D eigenvalue weighted by atomic mass is 32.1. The van der Waals surface area contributed by atoms with Gasteiger partial charge in [0.25, 0.3) is 0 Å². The van der Waals surface area contributed by atoms with Crippen molar-refractivity contribution in [2.24, 2.45) is 0 Å². The van der Waals surface area contributed by atoms with Gasteiger partial charge in [0.15, 0.2) is 0 Å². The second-order valence-electron chi connectivity index (χ2n) is 7.51. The highest BCUT2D eigenvalue weighted by Gasteiger charge is 2.38. The molecule has 2 aromatic heterocycles. The first-order valence-electron chi connectivity index (χ1n) is 8.72. The van der Waals surface area contributed by atoms with E-state index in [9.17, 15) is 0 Å². The highest BCUT2D eigenvalue weighted by molar-refractivity contribution is 7.23. The largest absolute Gasteiger partial charge is 0.354 e. The van der Waals surface area contributed by atoms with Crippen LogP contribution >= 0.6 is 11.3 Å². The van der Waals surface area contributed by atoms with E-state index >= 15 is 0 Å². The highest BCUT2D eigenvalue weighted by Crippen LogP contribution is 2.56. The van der Waals surface area contributed by atoms with Gasteiger partial charge in [-0.2, -0.15) is 0 Å². The number of aromatic nitrogens is 1. The molecule has 0 saturated carbocycles. The zero-order chi connectivity index (χ0) is 16.8. The van der Waals surface area contributed by atoms with E-state index in [1.807, 2.05) is 11.3 Å². The van der Waals surface area contributed by atoms with Gasteiger partial charge in [0.05, 0.1) is 0 Å². The summed E-state index contributed by atoms with van der Waals surface area (Å²) in [4.78, 5) is 5.03. The van der Waals surface area contributed by atoms with Gasteiger partial charge in [-0.15, -0.1) is 11.3 Å². The van der Waals surface area contributed by atoms with Gasteiger partial charge in [-0.25, -0.2) is 0 Å². The number of H-pyrrole nitrogens is 1. The molecule has 0 radical (unpaired) electrons. The van der Waals surface area contributed by atoms with Crippen LogP contribution in [0, 0.1) is 0 Å². The molecule has 0 spiro atoms. The molecule has 120 valence electrons. The van der Waals surface area contributed by atoms with Gasteiger partial charge < -0.3 is 4.98 Å². The van der Waals surface area contributed by atoms with E-state index < -0.39 is 0 Å². The quantitative estimate of drug-likeness (QED) is 0.318. The van der Waals surface area contributed by atoms with Crippen LogP contribution in [0.15, 0.2) is 60.7 Å². The van der Waals surface area contributed by atoms with E-state index in [0.29, 0.717) is 0 Å². The van der Waals surface area contributed by atoms with Gasteiger partial charge in [-0.3, -0.25) is 0 Å². The van der Waals surface area contributed by atoms with Crippen LogP contribution < -0.4 is 0 Å². The molecule has 2 heteroatoms. The number of benzene rings is 3. The first kappa shape index (κ1) is 13.7. The van der Waals surface area contributed by atoms with E-state index in [4.69, 9.17) is 0 Å². The summed E-state index contributed by atoms with van der Waals surface area (Å²) in [5.74, 6) is 0. The molecule has 25 heavy (non-hydrogen) atoms. The van der Waals surface area contributed by atoms with Gasteiger partial charge >= 0.3 is 0 Å². The first-order chi connectivity index (χ1) is 12.2. The lowest BCUT2D eigenvalue weighted by molar-refractivity contribution is 0.667. The Hall–Kier alpha value is -2.58. The van der Waals surface area contributed by atoms with E-state index in [1.54, 1.807) is 0 Å². The second kappa shape index (κ2) is 4.33. The predicted octanol–water partition coefficient (Wildman–Crippen LogP) is 6.84. The number of para-hydroxylation sites is 1. The molecule has 2 heterocycles. The Kier molecular flexibility index (Phi) is 2.37. The smallest absolute Gasteiger partial charge is 0.0479 e. The summed E-state index contributed by atoms with van der Waals surface area (Å²) in [6.45, 7) is 4.73. The number of nitrogens with one attached hydrogen (secondary N) is 1. The SMILES string of the molecule is CC1(C)c2ccccc2-c2sc3c(ccc4[nH]c5ccccc5c43)c21. The van der Waals surface area contributed by atoms with Crippen molar-refractivity contribution in [3.8, 4) is 10.4 Å². The minimum Gasteiger partial charge on any atom is -0.354 e. The topological polar surface area (TPSA) is 15.8 Å².